The van der Waals surface area contributed by atoms with Crippen molar-refractivity contribution < 1.29 is 24.5 Å². The topological polar surface area (TPSA) is 134 Å². The first-order chi connectivity index (χ1) is 19.2. The number of aliphatic hydroxyl groups is 1. The standard InChI is InChI=1S/C28H30Cl2N4O6/c1-33-11-9-19(10-12-33)40-23-16-31-34(13-14-35)27(37)24(23)18-7-5-17(6-8-18)15-22(28(38)39)32-26(36)25-20(29)3-2-4-21(25)30/h2-8,16,19,22,35H,9-15H2,1H3,(H,32,36)(H,38,39)/t22-/m0/s1. The summed E-state index contributed by atoms with van der Waals surface area (Å²) in [5.41, 5.74) is 1.08. The van der Waals surface area contributed by atoms with Crippen molar-refractivity contribution in [2.75, 3.05) is 26.7 Å². The summed E-state index contributed by atoms with van der Waals surface area (Å²) in [5.74, 6) is -1.57. The zero-order valence-corrected chi connectivity index (χ0v) is 23.4. The summed E-state index contributed by atoms with van der Waals surface area (Å²) in [5, 5.41) is 26.0. The quantitative estimate of drug-likeness (QED) is 0.329. The Bertz CT molecular complexity index is 1400. The number of amides is 1. The first-order valence-corrected chi connectivity index (χ1v) is 13.6. The van der Waals surface area contributed by atoms with Crippen LogP contribution in [0.25, 0.3) is 11.1 Å². The van der Waals surface area contributed by atoms with Gasteiger partial charge in [0.15, 0.2) is 5.75 Å². The smallest absolute Gasteiger partial charge is 0.326 e. The van der Waals surface area contributed by atoms with Crippen LogP contribution in [0.5, 0.6) is 5.75 Å². The number of carbonyl (C=O) groups excluding carboxylic acids is 1. The van der Waals surface area contributed by atoms with E-state index >= 15 is 0 Å². The minimum atomic E-state index is -1.25. The molecule has 40 heavy (non-hydrogen) atoms. The fourth-order valence-electron chi connectivity index (χ4n) is 4.55. The summed E-state index contributed by atoms with van der Waals surface area (Å²) in [7, 11) is 2.05. The van der Waals surface area contributed by atoms with Crippen LogP contribution in [-0.4, -0.2) is 75.7 Å². The molecule has 2 aromatic carbocycles. The van der Waals surface area contributed by atoms with Gasteiger partial charge in [-0.3, -0.25) is 9.59 Å². The number of hydrogen-bond donors (Lipinski definition) is 3. The number of carboxylic acid groups (broad SMARTS) is 1. The molecular formula is C28H30Cl2N4O6. The van der Waals surface area contributed by atoms with E-state index in [1.54, 1.807) is 30.3 Å². The van der Waals surface area contributed by atoms with Crippen LogP contribution in [0, 0.1) is 0 Å². The van der Waals surface area contributed by atoms with Gasteiger partial charge in [0.2, 0.25) is 0 Å². The molecule has 0 bridgehead atoms. The summed E-state index contributed by atoms with van der Waals surface area (Å²) in [6, 6.07) is 10.1. The molecule has 1 amide bonds. The van der Waals surface area contributed by atoms with E-state index in [0.717, 1.165) is 25.9 Å². The summed E-state index contributed by atoms with van der Waals surface area (Å²) in [6.07, 6.45) is 3.05. The number of nitrogens with one attached hydrogen (secondary N) is 1. The first-order valence-electron chi connectivity index (χ1n) is 12.8. The van der Waals surface area contributed by atoms with Crippen LogP contribution >= 0.6 is 23.2 Å². The normalized spacial score (nSPS) is 15.0. The van der Waals surface area contributed by atoms with Gasteiger partial charge >= 0.3 is 5.97 Å². The van der Waals surface area contributed by atoms with Crippen LogP contribution in [0.3, 0.4) is 0 Å². The van der Waals surface area contributed by atoms with Gasteiger partial charge in [-0.1, -0.05) is 53.5 Å². The molecule has 10 nitrogen and oxygen atoms in total. The molecule has 0 spiro atoms. The van der Waals surface area contributed by atoms with Crippen LogP contribution in [-0.2, 0) is 17.8 Å². The molecule has 2 heterocycles. The minimum Gasteiger partial charge on any atom is -0.488 e. The van der Waals surface area contributed by atoms with Crippen LogP contribution in [0.4, 0.5) is 0 Å². The highest BCUT2D eigenvalue weighted by Gasteiger charge is 2.25. The predicted octanol–water partition coefficient (Wildman–Crippen LogP) is 3.11. The second-order valence-electron chi connectivity index (χ2n) is 9.62. The number of carbonyl (C=O) groups is 2. The Morgan fingerprint density at radius 2 is 1.77 bits per heavy atom. The Labute approximate surface area is 241 Å². The molecule has 0 aliphatic carbocycles. The van der Waals surface area contributed by atoms with Gasteiger partial charge in [-0.15, -0.1) is 0 Å². The largest absolute Gasteiger partial charge is 0.488 e. The molecular weight excluding hydrogens is 559 g/mol. The van der Waals surface area contributed by atoms with Crippen molar-refractivity contribution in [1.29, 1.82) is 0 Å². The molecule has 212 valence electrons. The van der Waals surface area contributed by atoms with Crippen LogP contribution in [0.15, 0.2) is 53.5 Å². The number of likely N-dealkylation sites (tertiary alicyclic amines) is 1. The summed E-state index contributed by atoms with van der Waals surface area (Å²) < 4.78 is 7.40. The number of carboxylic acids is 1. The van der Waals surface area contributed by atoms with Crippen molar-refractivity contribution >= 4 is 35.1 Å². The lowest BCUT2D eigenvalue weighted by Crippen LogP contribution is -2.42. The lowest BCUT2D eigenvalue weighted by atomic mass is 10.0. The van der Waals surface area contributed by atoms with Crippen molar-refractivity contribution in [3.63, 3.8) is 0 Å². The average Bonchev–Trinajstić information content (AvgIpc) is 2.92. The molecule has 12 heteroatoms. The van der Waals surface area contributed by atoms with Gasteiger partial charge < -0.3 is 25.2 Å². The van der Waals surface area contributed by atoms with Gasteiger partial charge in [0, 0.05) is 19.5 Å². The fraction of sp³-hybridized carbons (Fsp3) is 0.357. The number of aromatic nitrogens is 2. The van der Waals surface area contributed by atoms with E-state index < -0.39 is 23.5 Å². The maximum Gasteiger partial charge on any atom is 0.326 e. The van der Waals surface area contributed by atoms with E-state index in [2.05, 4.69) is 15.3 Å². The molecule has 3 N–H and O–H groups in total. The van der Waals surface area contributed by atoms with Crippen LogP contribution in [0.1, 0.15) is 28.8 Å². The second-order valence-corrected chi connectivity index (χ2v) is 10.4. The first kappa shape index (κ1) is 29.5. The Morgan fingerprint density at radius 1 is 1.12 bits per heavy atom. The highest BCUT2D eigenvalue weighted by atomic mass is 35.5. The van der Waals surface area contributed by atoms with Crippen molar-refractivity contribution in [3.8, 4) is 16.9 Å². The van der Waals surface area contributed by atoms with Crippen LogP contribution < -0.4 is 15.6 Å². The Hall–Kier alpha value is -3.44. The summed E-state index contributed by atoms with van der Waals surface area (Å²) in [4.78, 5) is 40.2. The number of aliphatic hydroxyl groups excluding tert-OH is 1. The van der Waals surface area contributed by atoms with Crippen molar-refractivity contribution in [3.05, 3.63) is 80.2 Å². The molecule has 1 aliphatic heterocycles. The van der Waals surface area contributed by atoms with E-state index in [1.807, 2.05) is 7.05 Å². The average molecular weight is 589 g/mol. The van der Waals surface area contributed by atoms with Crippen LogP contribution in [0.2, 0.25) is 10.0 Å². The number of halogens is 2. The van der Waals surface area contributed by atoms with E-state index in [0.29, 0.717) is 22.4 Å². The van der Waals surface area contributed by atoms with Crippen molar-refractivity contribution in [1.82, 2.24) is 20.0 Å². The van der Waals surface area contributed by atoms with E-state index in [-0.39, 0.29) is 41.3 Å². The van der Waals surface area contributed by atoms with E-state index in [4.69, 9.17) is 27.9 Å². The SMILES string of the molecule is CN1CCC(Oc2cnn(CCO)c(=O)c2-c2ccc(C[C@H](NC(=O)c3c(Cl)cccc3Cl)C(=O)O)cc2)CC1. The lowest BCUT2D eigenvalue weighted by Gasteiger charge is -2.29. The van der Waals surface area contributed by atoms with Gasteiger partial charge in [0.1, 0.15) is 12.1 Å². The Morgan fingerprint density at radius 3 is 2.38 bits per heavy atom. The molecule has 4 rings (SSSR count). The Kier molecular flexibility index (Phi) is 9.80. The number of aliphatic carboxylic acids is 1. The monoisotopic (exact) mass is 588 g/mol. The second kappa shape index (κ2) is 13.3. The highest BCUT2D eigenvalue weighted by Crippen LogP contribution is 2.29. The van der Waals surface area contributed by atoms with Gasteiger partial charge in [0.25, 0.3) is 11.5 Å². The third-order valence-electron chi connectivity index (χ3n) is 6.76. The summed E-state index contributed by atoms with van der Waals surface area (Å²) in [6.45, 7) is 1.55. The lowest BCUT2D eigenvalue weighted by molar-refractivity contribution is -0.139. The predicted molar refractivity (Wildman–Crippen MR) is 151 cm³/mol. The maximum atomic E-state index is 13.3. The molecule has 1 saturated heterocycles. The molecule has 0 unspecified atom stereocenters. The van der Waals surface area contributed by atoms with Crippen molar-refractivity contribution in [2.24, 2.45) is 0 Å². The number of ether oxygens (including phenoxy) is 1. The molecule has 0 radical (unpaired) electrons. The fourth-order valence-corrected chi connectivity index (χ4v) is 5.12. The number of hydrogen-bond acceptors (Lipinski definition) is 7. The number of piperidine rings is 1. The third kappa shape index (κ3) is 7.00. The third-order valence-corrected chi connectivity index (χ3v) is 7.39. The summed E-state index contributed by atoms with van der Waals surface area (Å²) >= 11 is 12.2. The van der Waals surface area contributed by atoms with Gasteiger partial charge in [-0.2, -0.15) is 5.10 Å². The minimum absolute atomic E-state index is 0.00131. The highest BCUT2D eigenvalue weighted by molar-refractivity contribution is 6.39. The van der Waals surface area contributed by atoms with Gasteiger partial charge in [-0.25, -0.2) is 9.48 Å². The Balaban J connectivity index is 1.57. The van der Waals surface area contributed by atoms with E-state index in [9.17, 15) is 24.6 Å². The maximum absolute atomic E-state index is 13.3. The zero-order chi connectivity index (χ0) is 28.8. The molecule has 1 aliphatic rings. The molecule has 0 saturated carbocycles. The zero-order valence-electron chi connectivity index (χ0n) is 21.8. The number of rotatable bonds is 10. The molecule has 1 aromatic heterocycles. The van der Waals surface area contributed by atoms with Gasteiger partial charge in [0.05, 0.1) is 40.5 Å². The van der Waals surface area contributed by atoms with E-state index in [1.165, 1.54) is 23.0 Å². The van der Waals surface area contributed by atoms with Crippen molar-refractivity contribution in [2.45, 2.75) is 38.0 Å². The molecule has 1 atom stereocenters. The number of benzene rings is 2. The number of nitrogens with zero attached hydrogens (tertiary/aromatic N) is 3. The van der Waals surface area contributed by atoms with Gasteiger partial charge in [-0.05, 0) is 43.1 Å². The molecule has 3 aromatic rings. The molecule has 1 fully saturated rings.